The first-order valence-electron chi connectivity index (χ1n) is 5.97. The van der Waals surface area contributed by atoms with Crippen LogP contribution in [0.1, 0.15) is 25.3 Å². The summed E-state index contributed by atoms with van der Waals surface area (Å²) in [6.45, 7) is 1.88. The Balaban J connectivity index is 2.07. The molecular formula is C13H17N3O2. The summed E-state index contributed by atoms with van der Waals surface area (Å²) < 4.78 is 5.68. The zero-order valence-electron chi connectivity index (χ0n) is 10.3. The molecule has 0 aliphatic carbocycles. The molecule has 18 heavy (non-hydrogen) atoms. The first kappa shape index (κ1) is 12.4. The fraction of sp³-hybridized carbons (Fsp3) is 0.385. The fourth-order valence-electron chi connectivity index (χ4n) is 2.02. The van der Waals surface area contributed by atoms with Crippen LogP contribution in [0, 0.1) is 5.41 Å². The van der Waals surface area contributed by atoms with Crippen molar-refractivity contribution in [3.63, 3.8) is 0 Å². The van der Waals surface area contributed by atoms with Crippen LogP contribution < -0.4 is 15.8 Å². The number of carbonyl (C=O) groups is 1. The molecule has 0 radical (unpaired) electrons. The van der Waals surface area contributed by atoms with Crippen molar-refractivity contribution >= 4 is 17.4 Å². The first-order valence-corrected chi connectivity index (χ1v) is 5.97. The highest BCUT2D eigenvalue weighted by Crippen LogP contribution is 2.27. The van der Waals surface area contributed by atoms with E-state index in [0.717, 1.165) is 23.4 Å². The van der Waals surface area contributed by atoms with E-state index in [4.69, 9.17) is 15.9 Å². The highest BCUT2D eigenvalue weighted by Gasteiger charge is 2.15. The number of hydrogen-bond donors (Lipinski definition) is 3. The van der Waals surface area contributed by atoms with Crippen LogP contribution in [0.25, 0.3) is 0 Å². The summed E-state index contributed by atoms with van der Waals surface area (Å²) in [4.78, 5) is 11.2. The molecule has 1 aromatic carbocycles. The minimum absolute atomic E-state index is 0.0566. The molecule has 0 bridgehead atoms. The Morgan fingerprint density at radius 2 is 2.33 bits per heavy atom. The summed E-state index contributed by atoms with van der Waals surface area (Å²) in [7, 11) is 0. The van der Waals surface area contributed by atoms with E-state index in [2.05, 4.69) is 5.32 Å². The van der Waals surface area contributed by atoms with Crippen molar-refractivity contribution in [2.75, 3.05) is 5.32 Å². The van der Waals surface area contributed by atoms with Gasteiger partial charge in [0.1, 0.15) is 11.9 Å². The normalized spacial score (nSPS) is 15.5. The van der Waals surface area contributed by atoms with Crippen LogP contribution in [0.4, 0.5) is 5.69 Å². The SMILES string of the molecule is CC(CC(=N)N)Oc1ccc2c(c1)CCC(=O)N2. The maximum Gasteiger partial charge on any atom is 0.224 e. The van der Waals surface area contributed by atoms with Gasteiger partial charge in [-0.3, -0.25) is 10.2 Å². The maximum atomic E-state index is 11.2. The number of hydrogen-bond acceptors (Lipinski definition) is 3. The van der Waals surface area contributed by atoms with Crippen LogP contribution in [-0.2, 0) is 11.2 Å². The molecule has 1 unspecified atom stereocenters. The Morgan fingerprint density at radius 1 is 1.56 bits per heavy atom. The lowest BCUT2D eigenvalue weighted by Gasteiger charge is -2.19. The molecule has 4 N–H and O–H groups in total. The van der Waals surface area contributed by atoms with E-state index in [1.165, 1.54) is 0 Å². The summed E-state index contributed by atoms with van der Waals surface area (Å²) in [5.74, 6) is 0.924. The molecule has 1 aliphatic rings. The van der Waals surface area contributed by atoms with Crippen LogP contribution >= 0.6 is 0 Å². The molecule has 0 saturated heterocycles. The first-order chi connectivity index (χ1) is 8.54. The van der Waals surface area contributed by atoms with Crippen LogP contribution in [-0.4, -0.2) is 17.8 Å². The third kappa shape index (κ3) is 3.00. The smallest absolute Gasteiger partial charge is 0.224 e. The predicted octanol–water partition coefficient (Wildman–Crippen LogP) is 1.66. The lowest BCUT2D eigenvalue weighted by Crippen LogP contribution is -2.22. The quantitative estimate of drug-likeness (QED) is 0.558. The summed E-state index contributed by atoms with van der Waals surface area (Å²) in [6, 6.07) is 5.61. The van der Waals surface area contributed by atoms with Gasteiger partial charge in [0.2, 0.25) is 5.91 Å². The third-order valence-corrected chi connectivity index (χ3v) is 2.82. The van der Waals surface area contributed by atoms with Gasteiger partial charge < -0.3 is 15.8 Å². The van der Waals surface area contributed by atoms with Crippen molar-refractivity contribution in [3.05, 3.63) is 23.8 Å². The van der Waals surface area contributed by atoms with Crippen molar-refractivity contribution in [1.82, 2.24) is 0 Å². The molecule has 0 fully saturated rings. The number of amidine groups is 1. The highest BCUT2D eigenvalue weighted by molar-refractivity contribution is 5.94. The fourth-order valence-corrected chi connectivity index (χ4v) is 2.02. The number of carbonyl (C=O) groups excluding carboxylic acids is 1. The number of nitrogens with one attached hydrogen (secondary N) is 2. The molecule has 1 amide bonds. The largest absolute Gasteiger partial charge is 0.490 e. The Morgan fingerprint density at radius 3 is 3.06 bits per heavy atom. The zero-order chi connectivity index (χ0) is 13.1. The van der Waals surface area contributed by atoms with Gasteiger partial charge >= 0.3 is 0 Å². The average molecular weight is 247 g/mol. The Hall–Kier alpha value is -2.04. The summed E-state index contributed by atoms with van der Waals surface area (Å²) >= 11 is 0. The van der Waals surface area contributed by atoms with Gasteiger partial charge in [0, 0.05) is 18.5 Å². The monoisotopic (exact) mass is 247 g/mol. The molecule has 5 nitrogen and oxygen atoms in total. The van der Waals surface area contributed by atoms with Gasteiger partial charge in [-0.15, -0.1) is 0 Å². The van der Waals surface area contributed by atoms with Gasteiger partial charge in [-0.05, 0) is 37.1 Å². The van der Waals surface area contributed by atoms with Gasteiger partial charge in [0.05, 0.1) is 5.84 Å². The molecular weight excluding hydrogens is 230 g/mol. The molecule has 2 rings (SSSR count). The molecule has 1 aromatic rings. The standard InChI is InChI=1S/C13H17N3O2/c1-8(6-12(14)15)18-10-3-4-11-9(7-10)2-5-13(17)16-11/h3-4,7-8H,2,5-6H2,1H3,(H3,14,15)(H,16,17). The number of aryl methyl sites for hydroxylation is 1. The minimum atomic E-state index is -0.126. The Kier molecular flexibility index (Phi) is 3.50. The predicted molar refractivity (Wildman–Crippen MR) is 70.0 cm³/mol. The summed E-state index contributed by atoms with van der Waals surface area (Å²) in [5, 5.41) is 10.0. The molecule has 1 aliphatic heterocycles. The number of anilines is 1. The van der Waals surface area contributed by atoms with E-state index >= 15 is 0 Å². The van der Waals surface area contributed by atoms with Gasteiger partial charge in [-0.1, -0.05) is 0 Å². The van der Waals surface area contributed by atoms with Crippen molar-refractivity contribution in [2.45, 2.75) is 32.3 Å². The second-order valence-corrected chi connectivity index (χ2v) is 4.52. The minimum Gasteiger partial charge on any atom is -0.490 e. The number of fused-ring (bicyclic) bond motifs is 1. The van der Waals surface area contributed by atoms with Gasteiger partial charge in [0.15, 0.2) is 0 Å². The zero-order valence-corrected chi connectivity index (χ0v) is 10.3. The Labute approximate surface area is 106 Å². The number of ether oxygens (including phenoxy) is 1. The molecule has 1 atom stereocenters. The topological polar surface area (TPSA) is 88.2 Å². The average Bonchev–Trinajstić information content (AvgIpc) is 2.28. The Bertz CT molecular complexity index is 485. The van der Waals surface area contributed by atoms with E-state index < -0.39 is 0 Å². The van der Waals surface area contributed by atoms with Crippen molar-refractivity contribution in [2.24, 2.45) is 5.73 Å². The van der Waals surface area contributed by atoms with Crippen LogP contribution in [0.15, 0.2) is 18.2 Å². The van der Waals surface area contributed by atoms with Crippen molar-refractivity contribution in [1.29, 1.82) is 5.41 Å². The lowest BCUT2D eigenvalue weighted by molar-refractivity contribution is -0.116. The van der Waals surface area contributed by atoms with Gasteiger partial charge in [0.25, 0.3) is 0 Å². The van der Waals surface area contributed by atoms with Crippen LogP contribution in [0.5, 0.6) is 5.75 Å². The number of rotatable bonds is 4. The van der Waals surface area contributed by atoms with E-state index in [1.807, 2.05) is 25.1 Å². The second kappa shape index (κ2) is 5.08. The van der Waals surface area contributed by atoms with Crippen molar-refractivity contribution < 1.29 is 9.53 Å². The number of amides is 1. The van der Waals surface area contributed by atoms with Crippen molar-refractivity contribution in [3.8, 4) is 5.75 Å². The molecule has 0 spiro atoms. The van der Waals surface area contributed by atoms with Crippen LogP contribution in [0.2, 0.25) is 0 Å². The number of nitrogens with two attached hydrogens (primary N) is 1. The second-order valence-electron chi connectivity index (χ2n) is 4.52. The van der Waals surface area contributed by atoms with E-state index in [9.17, 15) is 4.79 Å². The summed E-state index contributed by atoms with van der Waals surface area (Å²) in [5.41, 5.74) is 7.27. The molecule has 0 saturated carbocycles. The van der Waals surface area contributed by atoms with Gasteiger partial charge in [-0.2, -0.15) is 0 Å². The van der Waals surface area contributed by atoms with E-state index in [-0.39, 0.29) is 17.8 Å². The van der Waals surface area contributed by atoms with Crippen LogP contribution in [0.3, 0.4) is 0 Å². The van der Waals surface area contributed by atoms with Gasteiger partial charge in [-0.25, -0.2) is 0 Å². The number of benzene rings is 1. The summed E-state index contributed by atoms with van der Waals surface area (Å²) in [6.07, 6.45) is 1.53. The molecule has 0 aromatic heterocycles. The third-order valence-electron chi connectivity index (χ3n) is 2.82. The maximum absolute atomic E-state index is 11.2. The molecule has 5 heteroatoms. The van der Waals surface area contributed by atoms with E-state index in [1.54, 1.807) is 0 Å². The van der Waals surface area contributed by atoms with E-state index in [0.29, 0.717) is 12.8 Å². The molecule has 1 heterocycles. The molecule has 96 valence electrons. The highest BCUT2D eigenvalue weighted by atomic mass is 16.5. The lowest BCUT2D eigenvalue weighted by atomic mass is 10.0.